The molecule has 20 heavy (non-hydrogen) atoms. The average Bonchev–Trinajstić information content (AvgIpc) is 2.53. The molecule has 1 aliphatic rings. The van der Waals surface area contributed by atoms with E-state index in [0.717, 1.165) is 44.8 Å². The molecule has 1 aromatic rings. The maximum atomic E-state index is 12.0. The second-order valence-electron chi connectivity index (χ2n) is 5.17. The standard InChI is InChI=1S/C16H24N2O2/c1-3-4-5-16(19)18-12-10-17(11-13-18)14-6-8-15(20-2)9-7-14/h6-9H,3-5,10-13H2,1-2H3. The SMILES string of the molecule is CCCCC(=O)N1CCN(c2ccc(OC)cc2)CC1. The molecule has 1 saturated heterocycles. The van der Waals surface area contributed by atoms with E-state index in [1.807, 2.05) is 17.0 Å². The lowest BCUT2D eigenvalue weighted by molar-refractivity contribution is -0.131. The number of hydrogen-bond acceptors (Lipinski definition) is 3. The predicted octanol–water partition coefficient (Wildman–Crippen LogP) is 2.53. The summed E-state index contributed by atoms with van der Waals surface area (Å²) in [6.07, 6.45) is 2.77. The van der Waals surface area contributed by atoms with Crippen molar-refractivity contribution in [1.82, 2.24) is 4.90 Å². The fraction of sp³-hybridized carbons (Fsp3) is 0.562. The van der Waals surface area contributed by atoms with E-state index in [4.69, 9.17) is 4.74 Å². The van der Waals surface area contributed by atoms with Crippen LogP contribution in [-0.2, 0) is 4.79 Å². The molecule has 1 heterocycles. The fourth-order valence-corrected chi connectivity index (χ4v) is 2.49. The van der Waals surface area contributed by atoms with Gasteiger partial charge in [-0.3, -0.25) is 4.79 Å². The molecule has 1 aromatic carbocycles. The molecule has 2 rings (SSSR count). The number of benzene rings is 1. The largest absolute Gasteiger partial charge is 0.497 e. The molecule has 0 spiro atoms. The van der Waals surface area contributed by atoms with Gasteiger partial charge in [-0.2, -0.15) is 0 Å². The first-order valence-corrected chi connectivity index (χ1v) is 7.41. The summed E-state index contributed by atoms with van der Waals surface area (Å²) in [6, 6.07) is 8.11. The molecular formula is C16H24N2O2. The van der Waals surface area contributed by atoms with Crippen LogP contribution in [0.25, 0.3) is 0 Å². The molecule has 4 nitrogen and oxygen atoms in total. The number of rotatable bonds is 5. The van der Waals surface area contributed by atoms with Crippen LogP contribution in [0, 0.1) is 0 Å². The molecule has 0 saturated carbocycles. The Bertz CT molecular complexity index is 423. The van der Waals surface area contributed by atoms with Crippen molar-refractivity contribution in [2.75, 3.05) is 38.2 Å². The summed E-state index contributed by atoms with van der Waals surface area (Å²) in [6.45, 7) is 5.59. The second kappa shape index (κ2) is 7.17. The molecule has 1 amide bonds. The summed E-state index contributed by atoms with van der Waals surface area (Å²) >= 11 is 0. The molecule has 0 bridgehead atoms. The minimum Gasteiger partial charge on any atom is -0.497 e. The lowest BCUT2D eigenvalue weighted by Crippen LogP contribution is -2.48. The number of carbonyl (C=O) groups excluding carboxylic acids is 1. The maximum absolute atomic E-state index is 12.0. The normalized spacial score (nSPS) is 15.3. The van der Waals surface area contributed by atoms with Crippen LogP contribution in [0.15, 0.2) is 24.3 Å². The van der Waals surface area contributed by atoms with Crippen LogP contribution < -0.4 is 9.64 Å². The van der Waals surface area contributed by atoms with E-state index in [-0.39, 0.29) is 0 Å². The smallest absolute Gasteiger partial charge is 0.222 e. The van der Waals surface area contributed by atoms with Gasteiger partial charge in [0.2, 0.25) is 5.91 Å². The zero-order chi connectivity index (χ0) is 14.4. The number of anilines is 1. The average molecular weight is 276 g/mol. The second-order valence-corrected chi connectivity index (χ2v) is 5.17. The van der Waals surface area contributed by atoms with Crippen molar-refractivity contribution in [3.8, 4) is 5.75 Å². The molecule has 1 fully saturated rings. The van der Waals surface area contributed by atoms with Crippen LogP contribution in [-0.4, -0.2) is 44.1 Å². The third kappa shape index (κ3) is 3.65. The highest BCUT2D eigenvalue weighted by Gasteiger charge is 2.20. The van der Waals surface area contributed by atoms with Crippen LogP contribution in [0.3, 0.4) is 0 Å². The van der Waals surface area contributed by atoms with Crippen LogP contribution in [0.2, 0.25) is 0 Å². The van der Waals surface area contributed by atoms with Crippen molar-refractivity contribution < 1.29 is 9.53 Å². The van der Waals surface area contributed by atoms with Crippen molar-refractivity contribution in [2.24, 2.45) is 0 Å². The number of piperazine rings is 1. The summed E-state index contributed by atoms with van der Waals surface area (Å²) < 4.78 is 5.17. The number of methoxy groups -OCH3 is 1. The summed E-state index contributed by atoms with van der Waals surface area (Å²) in [4.78, 5) is 16.3. The minimum absolute atomic E-state index is 0.307. The Morgan fingerprint density at radius 3 is 2.35 bits per heavy atom. The summed E-state index contributed by atoms with van der Waals surface area (Å²) in [5, 5.41) is 0. The number of unbranched alkanes of at least 4 members (excludes halogenated alkanes) is 1. The van der Waals surface area contributed by atoms with E-state index in [0.29, 0.717) is 12.3 Å². The first-order chi connectivity index (χ1) is 9.74. The zero-order valence-electron chi connectivity index (χ0n) is 12.5. The van der Waals surface area contributed by atoms with Gasteiger partial charge in [-0.1, -0.05) is 13.3 Å². The Morgan fingerprint density at radius 2 is 1.80 bits per heavy atom. The van der Waals surface area contributed by atoms with Crippen molar-refractivity contribution in [3.05, 3.63) is 24.3 Å². The van der Waals surface area contributed by atoms with Crippen LogP contribution in [0.1, 0.15) is 26.2 Å². The molecule has 0 aliphatic carbocycles. The Hall–Kier alpha value is -1.71. The topological polar surface area (TPSA) is 32.8 Å². The molecular weight excluding hydrogens is 252 g/mol. The van der Waals surface area contributed by atoms with E-state index < -0.39 is 0 Å². The lowest BCUT2D eigenvalue weighted by Gasteiger charge is -2.36. The Balaban J connectivity index is 1.85. The van der Waals surface area contributed by atoms with Gasteiger partial charge >= 0.3 is 0 Å². The Morgan fingerprint density at radius 1 is 1.15 bits per heavy atom. The van der Waals surface area contributed by atoms with Gasteiger partial charge in [0.15, 0.2) is 0 Å². The molecule has 0 aromatic heterocycles. The summed E-state index contributed by atoms with van der Waals surface area (Å²) in [7, 11) is 1.68. The monoisotopic (exact) mass is 276 g/mol. The van der Waals surface area contributed by atoms with E-state index >= 15 is 0 Å². The molecule has 0 unspecified atom stereocenters. The molecule has 4 heteroatoms. The van der Waals surface area contributed by atoms with Crippen molar-refractivity contribution in [3.63, 3.8) is 0 Å². The highest BCUT2D eigenvalue weighted by atomic mass is 16.5. The number of amides is 1. The van der Waals surface area contributed by atoms with Gasteiger partial charge in [0.1, 0.15) is 5.75 Å². The first kappa shape index (κ1) is 14.7. The lowest BCUT2D eigenvalue weighted by atomic mass is 10.2. The Kier molecular flexibility index (Phi) is 5.27. The third-order valence-electron chi connectivity index (χ3n) is 3.81. The number of carbonyl (C=O) groups is 1. The van der Waals surface area contributed by atoms with Gasteiger partial charge < -0.3 is 14.5 Å². The van der Waals surface area contributed by atoms with Gasteiger partial charge in [0, 0.05) is 38.3 Å². The number of hydrogen-bond donors (Lipinski definition) is 0. The van der Waals surface area contributed by atoms with Gasteiger partial charge in [0.05, 0.1) is 7.11 Å². The van der Waals surface area contributed by atoms with E-state index in [9.17, 15) is 4.79 Å². The maximum Gasteiger partial charge on any atom is 0.222 e. The number of ether oxygens (including phenoxy) is 1. The summed E-state index contributed by atoms with van der Waals surface area (Å²) in [5.41, 5.74) is 1.20. The highest BCUT2D eigenvalue weighted by molar-refractivity contribution is 5.76. The molecule has 0 N–H and O–H groups in total. The van der Waals surface area contributed by atoms with E-state index in [1.54, 1.807) is 7.11 Å². The molecule has 0 radical (unpaired) electrons. The highest BCUT2D eigenvalue weighted by Crippen LogP contribution is 2.20. The zero-order valence-corrected chi connectivity index (χ0v) is 12.5. The number of nitrogens with zero attached hydrogens (tertiary/aromatic N) is 2. The molecule has 110 valence electrons. The Labute approximate surface area is 121 Å². The predicted molar refractivity (Wildman–Crippen MR) is 81.3 cm³/mol. The molecule has 0 atom stereocenters. The minimum atomic E-state index is 0.307. The van der Waals surface area contributed by atoms with Crippen molar-refractivity contribution >= 4 is 11.6 Å². The van der Waals surface area contributed by atoms with Gasteiger partial charge in [-0.15, -0.1) is 0 Å². The quantitative estimate of drug-likeness (QED) is 0.828. The first-order valence-electron chi connectivity index (χ1n) is 7.41. The van der Waals surface area contributed by atoms with Crippen LogP contribution in [0.4, 0.5) is 5.69 Å². The van der Waals surface area contributed by atoms with E-state index in [1.165, 1.54) is 5.69 Å². The van der Waals surface area contributed by atoms with Gasteiger partial charge in [0.25, 0.3) is 0 Å². The van der Waals surface area contributed by atoms with Crippen molar-refractivity contribution in [2.45, 2.75) is 26.2 Å². The molecule has 1 aliphatic heterocycles. The van der Waals surface area contributed by atoms with Gasteiger partial charge in [-0.05, 0) is 30.7 Å². The fourth-order valence-electron chi connectivity index (χ4n) is 2.49. The third-order valence-corrected chi connectivity index (χ3v) is 3.81. The van der Waals surface area contributed by atoms with Crippen LogP contribution >= 0.6 is 0 Å². The van der Waals surface area contributed by atoms with Crippen molar-refractivity contribution in [1.29, 1.82) is 0 Å². The van der Waals surface area contributed by atoms with Crippen LogP contribution in [0.5, 0.6) is 5.75 Å². The van der Waals surface area contributed by atoms with Gasteiger partial charge in [-0.25, -0.2) is 0 Å². The van der Waals surface area contributed by atoms with E-state index in [2.05, 4.69) is 24.0 Å². The summed E-state index contributed by atoms with van der Waals surface area (Å²) in [5.74, 6) is 1.18.